The van der Waals surface area contributed by atoms with E-state index in [9.17, 15) is 13.2 Å². The minimum atomic E-state index is -1.08. The molecule has 6 heteroatoms. The molecule has 0 aliphatic carbocycles. The largest absolute Gasteiger partial charge is 0.494 e. The molecule has 2 aromatic carbocycles. The van der Waals surface area contributed by atoms with Crippen LogP contribution >= 0.6 is 0 Å². The van der Waals surface area contributed by atoms with Crippen LogP contribution in [0.25, 0.3) is 11.1 Å². The van der Waals surface area contributed by atoms with Gasteiger partial charge in [0.2, 0.25) is 0 Å². The summed E-state index contributed by atoms with van der Waals surface area (Å²) in [5.41, 5.74) is 0.0151. The average molecular weight is 380 g/mol. The second-order valence-electron chi connectivity index (χ2n) is 6.58. The fourth-order valence-corrected chi connectivity index (χ4v) is 3.20. The van der Waals surface area contributed by atoms with Gasteiger partial charge in [-0.3, -0.25) is 0 Å². The lowest BCUT2D eigenvalue weighted by atomic mass is 9.96. The maximum Gasteiger partial charge on any atom is 0.167 e. The lowest BCUT2D eigenvalue weighted by molar-refractivity contribution is -0.0736. The topological polar surface area (TPSA) is 27.7 Å². The van der Waals surface area contributed by atoms with Gasteiger partial charge in [0.25, 0.3) is 0 Å². The Morgan fingerprint density at radius 1 is 1.04 bits per heavy atom. The number of hydrogen-bond acceptors (Lipinski definition) is 3. The van der Waals surface area contributed by atoms with Crippen molar-refractivity contribution >= 4 is 0 Å². The Balaban J connectivity index is 1.85. The molecule has 3 rings (SSSR count). The van der Waals surface area contributed by atoms with Gasteiger partial charge in [0, 0.05) is 29.9 Å². The molecule has 2 atom stereocenters. The van der Waals surface area contributed by atoms with Gasteiger partial charge < -0.3 is 14.2 Å². The molecule has 2 aromatic rings. The third-order valence-corrected chi connectivity index (χ3v) is 4.73. The van der Waals surface area contributed by atoms with Gasteiger partial charge in [-0.2, -0.15) is 0 Å². The third kappa shape index (κ3) is 4.28. The summed E-state index contributed by atoms with van der Waals surface area (Å²) in [4.78, 5) is 0. The second kappa shape index (κ2) is 8.76. The molecule has 3 nitrogen and oxygen atoms in total. The van der Waals surface area contributed by atoms with Crippen LogP contribution < -0.4 is 4.74 Å². The van der Waals surface area contributed by atoms with Crippen molar-refractivity contribution in [3.05, 3.63) is 53.3 Å². The highest BCUT2D eigenvalue weighted by Crippen LogP contribution is 2.35. The summed E-state index contributed by atoms with van der Waals surface area (Å²) < 4.78 is 59.9. The van der Waals surface area contributed by atoms with Crippen LogP contribution in [-0.4, -0.2) is 26.4 Å². The highest BCUT2D eigenvalue weighted by atomic mass is 19.2. The first kappa shape index (κ1) is 19.7. The molecule has 0 bridgehead atoms. The molecule has 1 aliphatic heterocycles. The number of methoxy groups -OCH3 is 1. The van der Waals surface area contributed by atoms with Crippen molar-refractivity contribution in [3.8, 4) is 16.9 Å². The molecule has 0 saturated carbocycles. The normalized spacial score (nSPS) is 19.9. The van der Waals surface area contributed by atoms with Crippen molar-refractivity contribution in [2.45, 2.75) is 38.4 Å². The number of hydrogen-bond donors (Lipinski definition) is 0. The van der Waals surface area contributed by atoms with Gasteiger partial charge >= 0.3 is 0 Å². The van der Waals surface area contributed by atoms with E-state index in [0.29, 0.717) is 31.8 Å². The Labute approximate surface area is 157 Å². The Morgan fingerprint density at radius 3 is 2.44 bits per heavy atom. The first-order valence-electron chi connectivity index (χ1n) is 9.10. The predicted octanol–water partition coefficient (Wildman–Crippen LogP) is 5.43. The SMILES string of the molecule is CCCOc1ccc(-c2ccc(C3CCC(OC)CO3)c(F)c2F)c(F)c1. The molecule has 146 valence electrons. The lowest BCUT2D eigenvalue weighted by Gasteiger charge is -2.28. The van der Waals surface area contributed by atoms with Gasteiger partial charge in [0.1, 0.15) is 11.6 Å². The molecule has 1 aliphatic rings. The first-order valence-corrected chi connectivity index (χ1v) is 9.10. The fourth-order valence-electron chi connectivity index (χ4n) is 3.20. The Kier molecular flexibility index (Phi) is 6.39. The predicted molar refractivity (Wildman–Crippen MR) is 96.3 cm³/mol. The fraction of sp³-hybridized carbons (Fsp3) is 0.429. The maximum atomic E-state index is 14.7. The molecule has 2 unspecified atom stereocenters. The monoisotopic (exact) mass is 380 g/mol. The standard InChI is InChI=1S/C21H23F3O3/c1-3-10-26-13-4-6-15(18(22)11-13)16-7-8-17(21(24)20(16)23)19-9-5-14(25-2)12-27-19/h4,6-8,11,14,19H,3,5,9-10,12H2,1-2H3. The summed E-state index contributed by atoms with van der Waals surface area (Å²) in [6.07, 6.45) is 1.47. The maximum absolute atomic E-state index is 14.7. The van der Waals surface area contributed by atoms with Crippen LogP contribution in [0.5, 0.6) is 5.75 Å². The summed E-state index contributed by atoms with van der Waals surface area (Å²) in [6, 6.07) is 7.00. The van der Waals surface area contributed by atoms with E-state index < -0.39 is 23.6 Å². The molecule has 1 saturated heterocycles. The van der Waals surface area contributed by atoms with Crippen LogP contribution in [0.2, 0.25) is 0 Å². The van der Waals surface area contributed by atoms with Crippen molar-refractivity contribution in [2.24, 2.45) is 0 Å². The van der Waals surface area contributed by atoms with Gasteiger partial charge in [-0.15, -0.1) is 0 Å². The zero-order valence-electron chi connectivity index (χ0n) is 15.4. The molecule has 0 spiro atoms. The second-order valence-corrected chi connectivity index (χ2v) is 6.58. The van der Waals surface area contributed by atoms with E-state index in [1.165, 1.54) is 24.3 Å². The van der Waals surface area contributed by atoms with Gasteiger partial charge in [0.05, 0.1) is 25.4 Å². The third-order valence-electron chi connectivity index (χ3n) is 4.73. The van der Waals surface area contributed by atoms with Gasteiger partial charge in [0.15, 0.2) is 11.6 Å². The quantitative estimate of drug-likeness (QED) is 0.669. The van der Waals surface area contributed by atoms with E-state index in [4.69, 9.17) is 14.2 Å². The number of halogens is 3. The summed E-state index contributed by atoms with van der Waals surface area (Å²) in [5.74, 6) is -2.38. The van der Waals surface area contributed by atoms with Crippen LogP contribution in [0.15, 0.2) is 30.3 Å². The average Bonchev–Trinajstić information content (AvgIpc) is 2.69. The van der Waals surface area contributed by atoms with Gasteiger partial charge in [-0.1, -0.05) is 19.1 Å². The molecular formula is C21H23F3O3. The van der Waals surface area contributed by atoms with E-state index in [2.05, 4.69) is 0 Å². The minimum Gasteiger partial charge on any atom is -0.494 e. The van der Waals surface area contributed by atoms with Crippen molar-refractivity contribution in [2.75, 3.05) is 20.3 Å². The molecular weight excluding hydrogens is 357 g/mol. The molecule has 1 heterocycles. The molecule has 0 N–H and O–H groups in total. The summed E-state index contributed by atoms with van der Waals surface area (Å²) in [6.45, 7) is 2.73. The van der Waals surface area contributed by atoms with Crippen LogP contribution in [0.1, 0.15) is 37.9 Å². The van der Waals surface area contributed by atoms with E-state index in [0.717, 1.165) is 6.42 Å². The van der Waals surface area contributed by atoms with Crippen molar-refractivity contribution in [1.29, 1.82) is 0 Å². The first-order chi connectivity index (χ1) is 13.0. The van der Waals surface area contributed by atoms with Crippen LogP contribution in [-0.2, 0) is 9.47 Å². The summed E-state index contributed by atoms with van der Waals surface area (Å²) >= 11 is 0. The van der Waals surface area contributed by atoms with Crippen molar-refractivity contribution in [1.82, 2.24) is 0 Å². The Bertz CT molecular complexity index is 786. The smallest absolute Gasteiger partial charge is 0.167 e. The Morgan fingerprint density at radius 2 is 1.81 bits per heavy atom. The van der Waals surface area contributed by atoms with E-state index in [1.54, 1.807) is 13.2 Å². The van der Waals surface area contributed by atoms with Crippen molar-refractivity contribution < 1.29 is 27.4 Å². The van der Waals surface area contributed by atoms with Gasteiger partial charge in [-0.05, 0) is 31.4 Å². The van der Waals surface area contributed by atoms with Crippen molar-refractivity contribution in [3.63, 3.8) is 0 Å². The highest BCUT2D eigenvalue weighted by Gasteiger charge is 2.27. The Hall–Kier alpha value is -2.05. The molecule has 0 amide bonds. The van der Waals surface area contributed by atoms with Crippen LogP contribution in [0.3, 0.4) is 0 Å². The number of ether oxygens (including phenoxy) is 3. The highest BCUT2D eigenvalue weighted by molar-refractivity contribution is 5.66. The summed E-state index contributed by atoms with van der Waals surface area (Å²) in [7, 11) is 1.59. The molecule has 0 radical (unpaired) electrons. The summed E-state index contributed by atoms with van der Waals surface area (Å²) in [5, 5.41) is 0. The molecule has 0 aromatic heterocycles. The zero-order valence-corrected chi connectivity index (χ0v) is 15.4. The molecule has 1 fully saturated rings. The molecule has 27 heavy (non-hydrogen) atoms. The van der Waals surface area contributed by atoms with E-state index in [1.807, 2.05) is 6.92 Å². The minimum absolute atomic E-state index is 0.00851. The van der Waals surface area contributed by atoms with E-state index in [-0.39, 0.29) is 22.8 Å². The number of rotatable bonds is 6. The van der Waals surface area contributed by atoms with E-state index >= 15 is 0 Å². The number of benzene rings is 2. The van der Waals surface area contributed by atoms with Crippen LogP contribution in [0, 0.1) is 17.5 Å². The van der Waals surface area contributed by atoms with Gasteiger partial charge in [-0.25, -0.2) is 13.2 Å². The lowest BCUT2D eigenvalue weighted by Crippen LogP contribution is -2.27. The van der Waals surface area contributed by atoms with Crippen LogP contribution in [0.4, 0.5) is 13.2 Å². The zero-order chi connectivity index (χ0) is 19.4.